The minimum atomic E-state index is -2.89. The number of pyridine rings is 1. The fourth-order valence-corrected chi connectivity index (χ4v) is 14.8. The maximum Gasteiger partial charge on any atom is 0.270 e. The van der Waals surface area contributed by atoms with E-state index >= 15 is 0 Å². The topological polar surface area (TPSA) is 90.7 Å². The van der Waals surface area contributed by atoms with Crippen LogP contribution in [0.5, 0.6) is 0 Å². The molecule has 0 saturated carbocycles. The monoisotopic (exact) mass is 849 g/mol. The summed E-state index contributed by atoms with van der Waals surface area (Å²) < 4.78 is 44.8. The molecule has 3 heterocycles. The van der Waals surface area contributed by atoms with Crippen LogP contribution in [-0.4, -0.2) is 40.4 Å². The average Bonchev–Trinajstić information content (AvgIpc) is 3.89. The van der Waals surface area contributed by atoms with Crippen LogP contribution in [0.4, 0.5) is 4.39 Å². The lowest BCUT2D eigenvalue weighted by Crippen LogP contribution is -2.66. The van der Waals surface area contributed by atoms with E-state index in [0.717, 1.165) is 51.8 Å². The molecule has 1 N–H and O–H groups in total. The first kappa shape index (κ1) is 42.3. The van der Waals surface area contributed by atoms with Crippen molar-refractivity contribution in [2.75, 3.05) is 12.4 Å². The van der Waals surface area contributed by atoms with E-state index in [1.165, 1.54) is 16.4 Å². The van der Waals surface area contributed by atoms with E-state index in [9.17, 15) is 13.7 Å². The van der Waals surface area contributed by atoms with Gasteiger partial charge in [0.1, 0.15) is 28.6 Å². The highest BCUT2D eigenvalue weighted by atomic mass is 32.2. The number of carbonyl (C=O) groups excluding carboxylic acids is 1. The molecule has 1 aliphatic heterocycles. The Hall–Kier alpha value is -5.36. The predicted octanol–water partition coefficient (Wildman–Crippen LogP) is 10.5. The minimum Gasteiger partial charge on any atom is -0.598 e. The lowest BCUT2D eigenvalue weighted by molar-refractivity contribution is 0.0945. The molecule has 0 spiro atoms. The summed E-state index contributed by atoms with van der Waals surface area (Å²) in [5.74, 6) is 0.437. The van der Waals surface area contributed by atoms with Crippen molar-refractivity contribution in [3.05, 3.63) is 174 Å². The van der Waals surface area contributed by atoms with Gasteiger partial charge >= 0.3 is 0 Å². The molecule has 1 unspecified atom stereocenters. The zero-order chi connectivity index (χ0) is 42.6. The number of rotatable bonds is 15. The first-order chi connectivity index (χ1) is 29.6. The summed E-state index contributed by atoms with van der Waals surface area (Å²) in [5.41, 5.74) is 5.51. The van der Waals surface area contributed by atoms with Gasteiger partial charge in [-0.2, -0.15) is 0 Å². The second kappa shape index (κ2) is 18.3. The van der Waals surface area contributed by atoms with Crippen molar-refractivity contribution in [3.63, 3.8) is 0 Å². The first-order valence-corrected chi connectivity index (χ1v) is 24.3. The number of hydrogen-bond acceptors (Lipinski definition) is 6. The zero-order valence-corrected chi connectivity index (χ0v) is 37.0. The average molecular weight is 850 g/mol. The molecule has 0 fully saturated rings. The van der Waals surface area contributed by atoms with Crippen molar-refractivity contribution in [1.82, 2.24) is 14.6 Å². The van der Waals surface area contributed by atoms with Gasteiger partial charge in [0.05, 0.1) is 18.3 Å². The number of nitrogens with zero attached hydrogens (tertiary/aromatic N) is 2. The molecule has 0 radical (unpaired) electrons. The largest absolute Gasteiger partial charge is 0.598 e. The van der Waals surface area contributed by atoms with E-state index in [2.05, 4.69) is 85.8 Å². The molecule has 0 bridgehead atoms. The van der Waals surface area contributed by atoms with Crippen LogP contribution in [0.2, 0.25) is 5.04 Å². The van der Waals surface area contributed by atoms with Gasteiger partial charge in [-0.25, -0.2) is 9.37 Å². The molecule has 0 aliphatic carbocycles. The summed E-state index contributed by atoms with van der Waals surface area (Å²) >= 11 is -1.32. The molecule has 312 valence electrons. The molecule has 61 heavy (non-hydrogen) atoms. The molecule has 2 aromatic heterocycles. The van der Waals surface area contributed by atoms with Gasteiger partial charge in [-0.05, 0) is 64.1 Å². The van der Waals surface area contributed by atoms with Gasteiger partial charge in [-0.15, -0.1) is 4.31 Å². The number of para-hydroxylation sites is 1. The zero-order valence-electron chi connectivity index (χ0n) is 35.2. The second-order valence-corrected chi connectivity index (χ2v) is 22.5. The first-order valence-electron chi connectivity index (χ1n) is 21.1. The number of unbranched alkanes of at least 4 members (excludes halogenated alkanes) is 1. The number of carbonyl (C=O) groups is 1. The van der Waals surface area contributed by atoms with Crippen LogP contribution in [0, 0.1) is 5.82 Å². The molecule has 1 aliphatic rings. The molecule has 10 heteroatoms. The Kier molecular flexibility index (Phi) is 12.7. The summed E-state index contributed by atoms with van der Waals surface area (Å²) in [5, 5.41) is 6.07. The summed E-state index contributed by atoms with van der Waals surface area (Å²) in [6.07, 6.45) is 2.28. The number of amides is 1. The van der Waals surface area contributed by atoms with Crippen molar-refractivity contribution in [3.8, 4) is 22.6 Å². The second-order valence-electron chi connectivity index (χ2n) is 16.7. The molecule has 2 atom stereocenters. The maximum absolute atomic E-state index is 14.6. The normalized spacial score (nSPS) is 14.9. The van der Waals surface area contributed by atoms with Crippen LogP contribution in [0.3, 0.4) is 0 Å². The highest BCUT2D eigenvalue weighted by Gasteiger charge is 2.50. The Morgan fingerprint density at radius 1 is 0.885 bits per heavy atom. The number of hydrogen-bond donors (Lipinski definition) is 1. The third kappa shape index (κ3) is 8.74. The van der Waals surface area contributed by atoms with Gasteiger partial charge in [0.25, 0.3) is 14.2 Å². The van der Waals surface area contributed by atoms with Crippen molar-refractivity contribution < 1.29 is 22.6 Å². The molecular formula is C51H52FN3O4SSi. The number of aromatic nitrogens is 1. The summed E-state index contributed by atoms with van der Waals surface area (Å²) in [4.78, 5) is 19.1. The highest BCUT2D eigenvalue weighted by Crippen LogP contribution is 2.45. The molecule has 0 saturated heterocycles. The molecule has 1 amide bonds. The highest BCUT2D eigenvalue weighted by molar-refractivity contribution is 7.89. The Morgan fingerprint density at radius 2 is 1.56 bits per heavy atom. The van der Waals surface area contributed by atoms with E-state index in [1.54, 1.807) is 18.2 Å². The van der Waals surface area contributed by atoms with E-state index in [4.69, 9.17) is 13.8 Å². The fraction of sp³-hybridized carbons (Fsp3) is 0.255. The van der Waals surface area contributed by atoms with E-state index in [-0.39, 0.29) is 29.1 Å². The molecule has 7 aromatic rings. The standard InChI is InChI=1S/C51H52FN3O4SSi/c1-5-6-30-60(57)55-35-40-32-44(50(56)53-34-39-19-13-15-26-43(39)52)54-49(38-21-17-20-36(31-38)47-33-37-18-14-16-27-46(37)59-47)48(40)45(55)28-29-58-61(51(2,3)4,41-22-9-7-10-23-41)42-24-11-8-12-25-42/h7-27,31-33,45H,5-6,28-30,34-35H2,1-4H3,(H,53,56)/t45-,60?/m1/s1. The Bertz CT molecular complexity index is 2540. The van der Waals surface area contributed by atoms with Gasteiger partial charge in [0.2, 0.25) is 0 Å². The quantitative estimate of drug-likeness (QED) is 0.0816. The van der Waals surface area contributed by atoms with Gasteiger partial charge in [-0.3, -0.25) is 4.79 Å². The molecule has 5 aromatic carbocycles. The third-order valence-electron chi connectivity index (χ3n) is 11.7. The van der Waals surface area contributed by atoms with Crippen LogP contribution < -0.4 is 15.7 Å². The number of nitrogens with one attached hydrogen (secondary N) is 1. The summed E-state index contributed by atoms with van der Waals surface area (Å²) in [6.45, 7) is 9.71. The van der Waals surface area contributed by atoms with E-state index < -0.39 is 25.6 Å². The Morgan fingerprint density at radius 3 is 2.25 bits per heavy atom. The predicted molar refractivity (Wildman–Crippen MR) is 247 cm³/mol. The Labute approximate surface area is 362 Å². The fourth-order valence-electron chi connectivity index (χ4n) is 8.69. The van der Waals surface area contributed by atoms with Crippen LogP contribution in [-0.2, 0) is 28.9 Å². The number of fused-ring (bicyclic) bond motifs is 2. The number of benzene rings is 5. The van der Waals surface area contributed by atoms with E-state index in [1.807, 2.05) is 72.8 Å². The smallest absolute Gasteiger partial charge is 0.270 e. The van der Waals surface area contributed by atoms with Crippen LogP contribution >= 0.6 is 0 Å². The van der Waals surface area contributed by atoms with Crippen LogP contribution in [0.15, 0.2) is 150 Å². The van der Waals surface area contributed by atoms with Crippen molar-refractivity contribution >= 4 is 46.9 Å². The Balaban J connectivity index is 1.22. The van der Waals surface area contributed by atoms with Crippen molar-refractivity contribution in [1.29, 1.82) is 0 Å². The minimum absolute atomic E-state index is 0.0104. The van der Waals surface area contributed by atoms with Gasteiger partial charge in [0, 0.05) is 52.2 Å². The van der Waals surface area contributed by atoms with Crippen LogP contribution in [0.25, 0.3) is 33.6 Å². The third-order valence-corrected chi connectivity index (χ3v) is 18.3. The van der Waals surface area contributed by atoms with Gasteiger partial charge < -0.3 is 18.7 Å². The molecule has 8 rings (SSSR count). The lowest BCUT2D eigenvalue weighted by Gasteiger charge is -2.43. The van der Waals surface area contributed by atoms with Gasteiger partial charge in [-0.1, -0.05) is 149 Å². The van der Waals surface area contributed by atoms with E-state index in [0.29, 0.717) is 36.6 Å². The van der Waals surface area contributed by atoms with Crippen LogP contribution in [0.1, 0.15) is 80.2 Å². The lowest BCUT2D eigenvalue weighted by atomic mass is 9.95. The SMILES string of the molecule is CCCC[S+]([O-])N1Cc2cc(C(=O)NCc3ccccc3F)nc(-c3cccc(-c4cc5ccccc5o4)c3)c2[C@H]1CCO[Si](c1ccccc1)(c1ccccc1)C(C)(C)C. The number of furan rings is 1. The van der Waals surface area contributed by atoms with Crippen molar-refractivity contribution in [2.24, 2.45) is 0 Å². The molecular weight excluding hydrogens is 798 g/mol. The molecule has 7 nitrogen and oxygen atoms in total. The summed E-state index contributed by atoms with van der Waals surface area (Å²) in [7, 11) is -2.89. The van der Waals surface area contributed by atoms with Gasteiger partial charge in [0.15, 0.2) is 0 Å². The number of halogens is 1. The summed E-state index contributed by atoms with van der Waals surface area (Å²) in [6, 6.07) is 47.1. The maximum atomic E-state index is 14.6. The van der Waals surface area contributed by atoms with Crippen molar-refractivity contribution in [2.45, 2.75) is 71.1 Å².